The molecule has 1 fully saturated rings. The van der Waals surface area contributed by atoms with Crippen LogP contribution in [0, 0.1) is 5.82 Å². The maximum absolute atomic E-state index is 13.9. The first-order chi connectivity index (χ1) is 9.10. The van der Waals surface area contributed by atoms with Crippen molar-refractivity contribution in [3.63, 3.8) is 0 Å². The number of nitrogens with zero attached hydrogens (tertiary/aromatic N) is 1. The van der Waals surface area contributed by atoms with Crippen LogP contribution in [-0.4, -0.2) is 44.7 Å². The Balaban J connectivity index is 2.09. The van der Waals surface area contributed by atoms with E-state index in [9.17, 15) is 4.39 Å². The van der Waals surface area contributed by atoms with Gasteiger partial charge in [0.1, 0.15) is 5.82 Å². The quantitative estimate of drug-likeness (QED) is 0.886. The molecule has 0 spiro atoms. The van der Waals surface area contributed by atoms with Gasteiger partial charge in [-0.25, -0.2) is 4.39 Å². The third-order valence-corrected chi connectivity index (χ3v) is 4.15. The van der Waals surface area contributed by atoms with Gasteiger partial charge in [-0.15, -0.1) is 0 Å². The molecule has 5 heteroatoms. The first-order valence-electron chi connectivity index (χ1n) is 6.64. The van der Waals surface area contributed by atoms with Gasteiger partial charge in [-0.05, 0) is 38.7 Å². The Hall–Kier alpha value is -0.490. The summed E-state index contributed by atoms with van der Waals surface area (Å²) >= 11 is 3.41. The summed E-state index contributed by atoms with van der Waals surface area (Å²) in [6, 6.07) is 5.54. The van der Waals surface area contributed by atoms with Crippen molar-refractivity contribution in [1.82, 2.24) is 15.5 Å². The smallest absolute Gasteiger partial charge is 0.128 e. The van der Waals surface area contributed by atoms with E-state index in [1.54, 1.807) is 6.07 Å². The summed E-state index contributed by atoms with van der Waals surface area (Å²) in [7, 11) is 4.01. The lowest BCUT2D eigenvalue weighted by molar-refractivity contribution is 0.221. The predicted octanol–water partition coefficient (Wildman–Crippen LogP) is 2.14. The van der Waals surface area contributed by atoms with Crippen molar-refractivity contribution >= 4 is 15.9 Å². The molecule has 1 aliphatic heterocycles. The molecule has 2 atom stereocenters. The molecule has 0 bridgehead atoms. The van der Waals surface area contributed by atoms with Crippen LogP contribution in [0.2, 0.25) is 0 Å². The minimum atomic E-state index is -0.147. The highest BCUT2D eigenvalue weighted by Gasteiger charge is 2.22. The van der Waals surface area contributed by atoms with Gasteiger partial charge < -0.3 is 15.5 Å². The van der Waals surface area contributed by atoms with Crippen LogP contribution >= 0.6 is 15.9 Å². The standard InChI is InChI=1S/C14H21BrFN3/c1-17-14(8-11-9-19(2)6-5-18-11)12-7-10(15)3-4-13(12)16/h3-4,7,11,14,17-18H,5-6,8-9H2,1-2H3. The number of nitrogens with one attached hydrogen (secondary N) is 2. The maximum atomic E-state index is 13.9. The number of hydrogen-bond donors (Lipinski definition) is 2. The van der Waals surface area contributed by atoms with Gasteiger partial charge in [0.25, 0.3) is 0 Å². The highest BCUT2D eigenvalue weighted by Crippen LogP contribution is 2.25. The topological polar surface area (TPSA) is 27.3 Å². The van der Waals surface area contributed by atoms with E-state index in [1.807, 2.05) is 13.1 Å². The summed E-state index contributed by atoms with van der Waals surface area (Å²) < 4.78 is 14.9. The summed E-state index contributed by atoms with van der Waals surface area (Å²) in [5, 5.41) is 6.73. The Morgan fingerprint density at radius 1 is 1.58 bits per heavy atom. The van der Waals surface area contributed by atoms with Crippen LogP contribution < -0.4 is 10.6 Å². The molecule has 0 saturated carbocycles. The molecule has 1 heterocycles. The molecule has 2 rings (SSSR count). The number of likely N-dealkylation sites (N-methyl/N-ethyl adjacent to an activating group) is 1. The van der Waals surface area contributed by atoms with Gasteiger partial charge in [0.2, 0.25) is 0 Å². The van der Waals surface area contributed by atoms with Crippen molar-refractivity contribution in [1.29, 1.82) is 0 Å². The van der Waals surface area contributed by atoms with Crippen LogP contribution in [0.25, 0.3) is 0 Å². The normalized spacial score (nSPS) is 22.4. The van der Waals surface area contributed by atoms with Crippen molar-refractivity contribution in [2.75, 3.05) is 33.7 Å². The monoisotopic (exact) mass is 329 g/mol. The Bertz CT molecular complexity index is 427. The summed E-state index contributed by atoms with van der Waals surface area (Å²) in [5.41, 5.74) is 0.729. The van der Waals surface area contributed by atoms with Crippen molar-refractivity contribution in [2.45, 2.75) is 18.5 Å². The van der Waals surface area contributed by atoms with Crippen LogP contribution in [-0.2, 0) is 0 Å². The lowest BCUT2D eigenvalue weighted by Crippen LogP contribution is -2.50. The molecular formula is C14H21BrFN3. The average Bonchev–Trinajstić information content (AvgIpc) is 2.39. The molecule has 3 nitrogen and oxygen atoms in total. The van der Waals surface area contributed by atoms with Gasteiger partial charge in [0.05, 0.1) is 0 Å². The molecule has 1 aromatic carbocycles. The largest absolute Gasteiger partial charge is 0.313 e. The lowest BCUT2D eigenvalue weighted by atomic mass is 9.98. The molecule has 106 valence electrons. The summed E-state index contributed by atoms with van der Waals surface area (Å²) in [6.07, 6.45) is 0.883. The molecule has 19 heavy (non-hydrogen) atoms. The first-order valence-corrected chi connectivity index (χ1v) is 7.43. The molecule has 0 amide bonds. The number of rotatable bonds is 4. The van der Waals surface area contributed by atoms with Crippen molar-refractivity contribution in [3.05, 3.63) is 34.1 Å². The van der Waals surface area contributed by atoms with Crippen LogP contribution in [0.5, 0.6) is 0 Å². The van der Waals surface area contributed by atoms with Gasteiger partial charge in [-0.3, -0.25) is 0 Å². The first kappa shape index (κ1) is 14.9. The zero-order valence-electron chi connectivity index (χ0n) is 11.4. The Kier molecular flexibility index (Phi) is 5.33. The molecule has 0 radical (unpaired) electrons. The van der Waals surface area contributed by atoms with Crippen LogP contribution in [0.1, 0.15) is 18.0 Å². The fraction of sp³-hybridized carbons (Fsp3) is 0.571. The molecule has 0 aliphatic carbocycles. The molecule has 2 N–H and O–H groups in total. The number of halogens is 2. The summed E-state index contributed by atoms with van der Waals surface area (Å²) in [5.74, 6) is -0.147. The van der Waals surface area contributed by atoms with E-state index in [2.05, 4.69) is 38.5 Å². The maximum Gasteiger partial charge on any atom is 0.128 e. The molecular weight excluding hydrogens is 309 g/mol. The Morgan fingerprint density at radius 3 is 3.05 bits per heavy atom. The second-order valence-electron chi connectivity index (χ2n) is 5.16. The fourth-order valence-electron chi connectivity index (χ4n) is 2.62. The third-order valence-electron chi connectivity index (χ3n) is 3.66. The zero-order chi connectivity index (χ0) is 13.8. The van der Waals surface area contributed by atoms with E-state index in [0.29, 0.717) is 6.04 Å². The SMILES string of the molecule is CNC(CC1CN(C)CCN1)c1cc(Br)ccc1F. The van der Waals surface area contributed by atoms with E-state index in [4.69, 9.17) is 0 Å². The van der Waals surface area contributed by atoms with Crippen molar-refractivity contribution < 1.29 is 4.39 Å². The van der Waals surface area contributed by atoms with E-state index in [0.717, 1.165) is 36.1 Å². The highest BCUT2D eigenvalue weighted by atomic mass is 79.9. The average molecular weight is 330 g/mol. The zero-order valence-corrected chi connectivity index (χ0v) is 13.0. The van der Waals surface area contributed by atoms with E-state index in [-0.39, 0.29) is 11.9 Å². The summed E-state index contributed by atoms with van der Waals surface area (Å²) in [4.78, 5) is 2.31. The van der Waals surface area contributed by atoms with E-state index in [1.165, 1.54) is 6.07 Å². The van der Waals surface area contributed by atoms with Gasteiger partial charge in [-0.1, -0.05) is 15.9 Å². The predicted molar refractivity (Wildman–Crippen MR) is 79.8 cm³/mol. The van der Waals surface area contributed by atoms with Gasteiger partial charge in [-0.2, -0.15) is 0 Å². The lowest BCUT2D eigenvalue weighted by Gasteiger charge is -2.33. The molecule has 1 aromatic rings. The second kappa shape index (κ2) is 6.79. The minimum absolute atomic E-state index is 0.0292. The molecule has 0 aromatic heterocycles. The summed E-state index contributed by atoms with van der Waals surface area (Å²) in [6.45, 7) is 3.08. The van der Waals surface area contributed by atoms with E-state index >= 15 is 0 Å². The molecule has 1 saturated heterocycles. The highest BCUT2D eigenvalue weighted by molar-refractivity contribution is 9.10. The molecule has 2 unspecified atom stereocenters. The van der Waals surface area contributed by atoms with Crippen LogP contribution in [0.15, 0.2) is 22.7 Å². The van der Waals surface area contributed by atoms with Crippen molar-refractivity contribution in [3.8, 4) is 0 Å². The van der Waals surface area contributed by atoms with Crippen LogP contribution in [0.4, 0.5) is 4.39 Å². The van der Waals surface area contributed by atoms with Gasteiger partial charge >= 0.3 is 0 Å². The van der Waals surface area contributed by atoms with Gasteiger partial charge in [0, 0.05) is 41.8 Å². The molecule has 1 aliphatic rings. The van der Waals surface area contributed by atoms with Crippen molar-refractivity contribution in [2.24, 2.45) is 0 Å². The second-order valence-corrected chi connectivity index (χ2v) is 6.07. The number of benzene rings is 1. The Morgan fingerprint density at radius 2 is 2.37 bits per heavy atom. The van der Waals surface area contributed by atoms with Crippen LogP contribution in [0.3, 0.4) is 0 Å². The fourth-order valence-corrected chi connectivity index (χ4v) is 2.99. The number of piperazine rings is 1. The van der Waals surface area contributed by atoms with E-state index < -0.39 is 0 Å². The van der Waals surface area contributed by atoms with Gasteiger partial charge in [0.15, 0.2) is 0 Å². The third kappa shape index (κ3) is 3.99. The number of hydrogen-bond acceptors (Lipinski definition) is 3. The minimum Gasteiger partial charge on any atom is -0.313 e. The Labute approximate surface area is 122 Å².